The molecule has 2 aromatic rings. The molecule has 0 spiro atoms. The minimum absolute atomic E-state index is 0.0513. The van der Waals surface area contributed by atoms with E-state index in [2.05, 4.69) is 4.72 Å². The summed E-state index contributed by atoms with van der Waals surface area (Å²) in [7, 11) is -3.48. The highest BCUT2D eigenvalue weighted by atomic mass is 35.5. The van der Waals surface area contributed by atoms with E-state index < -0.39 is 10.0 Å². The lowest BCUT2D eigenvalue weighted by Gasteiger charge is -2.32. The molecular weight excluding hydrogens is 455 g/mol. The summed E-state index contributed by atoms with van der Waals surface area (Å²) < 4.78 is 33.3. The fourth-order valence-corrected chi connectivity index (χ4v) is 5.87. The maximum absolute atomic E-state index is 12.4. The molecule has 1 aromatic carbocycles. The highest BCUT2D eigenvalue weighted by Gasteiger charge is 2.26. The van der Waals surface area contributed by atoms with Gasteiger partial charge in [-0.1, -0.05) is 29.3 Å². The Morgan fingerprint density at radius 2 is 2.00 bits per heavy atom. The van der Waals surface area contributed by atoms with Gasteiger partial charge in [0.15, 0.2) is 0 Å². The number of nitrogens with one attached hydrogen (secondary N) is 1. The molecule has 1 amide bonds. The quantitative estimate of drug-likeness (QED) is 0.579. The Morgan fingerprint density at radius 1 is 1.24 bits per heavy atom. The van der Waals surface area contributed by atoms with Crippen LogP contribution in [0.15, 0.2) is 39.9 Å². The van der Waals surface area contributed by atoms with Crippen LogP contribution in [0.1, 0.15) is 25.7 Å². The van der Waals surface area contributed by atoms with Crippen LogP contribution < -0.4 is 9.46 Å². The SMILES string of the molecule is O=C(CCCOc1ccc(Cl)cc1Cl)N1CCC(NS(=O)(=O)c2cccs2)CC1. The zero-order valence-electron chi connectivity index (χ0n) is 15.6. The summed E-state index contributed by atoms with van der Waals surface area (Å²) in [6, 6.07) is 8.16. The third-order valence-corrected chi connectivity index (χ3v) is 8.06. The number of carbonyl (C=O) groups is 1. The van der Waals surface area contributed by atoms with Crippen molar-refractivity contribution in [2.45, 2.75) is 35.9 Å². The second-order valence-corrected chi connectivity index (χ2v) is 10.5. The molecule has 0 atom stereocenters. The Balaban J connectivity index is 1.37. The van der Waals surface area contributed by atoms with Crippen molar-refractivity contribution in [1.29, 1.82) is 0 Å². The summed E-state index contributed by atoms with van der Waals surface area (Å²) in [6.45, 7) is 1.46. The molecule has 6 nitrogen and oxygen atoms in total. The molecule has 0 unspecified atom stereocenters. The topological polar surface area (TPSA) is 75.7 Å². The summed E-state index contributed by atoms with van der Waals surface area (Å²) in [5.74, 6) is 0.595. The number of likely N-dealkylation sites (tertiary alicyclic amines) is 1. The molecule has 10 heteroatoms. The molecule has 1 saturated heterocycles. The van der Waals surface area contributed by atoms with Gasteiger partial charge in [-0.05, 0) is 48.9 Å². The Bertz CT molecular complexity index is 928. The fraction of sp³-hybridized carbons (Fsp3) is 0.421. The lowest BCUT2D eigenvalue weighted by atomic mass is 10.1. The first-order valence-corrected chi connectivity index (χ1v) is 12.4. The normalized spacial score (nSPS) is 15.4. The van der Waals surface area contributed by atoms with Crippen LogP contribution in [0.5, 0.6) is 5.75 Å². The van der Waals surface area contributed by atoms with Crippen LogP contribution >= 0.6 is 34.5 Å². The minimum atomic E-state index is -3.48. The number of rotatable bonds is 8. The summed E-state index contributed by atoms with van der Waals surface area (Å²) in [5.41, 5.74) is 0. The van der Waals surface area contributed by atoms with Gasteiger partial charge in [0.1, 0.15) is 9.96 Å². The van der Waals surface area contributed by atoms with Gasteiger partial charge < -0.3 is 9.64 Å². The Kier molecular flexibility index (Phi) is 7.81. The van der Waals surface area contributed by atoms with Gasteiger partial charge in [-0.15, -0.1) is 11.3 Å². The number of piperidine rings is 1. The Hall–Kier alpha value is -1.32. The van der Waals surface area contributed by atoms with E-state index in [4.69, 9.17) is 27.9 Å². The first kappa shape index (κ1) is 22.4. The lowest BCUT2D eigenvalue weighted by molar-refractivity contribution is -0.132. The van der Waals surface area contributed by atoms with Crippen molar-refractivity contribution in [1.82, 2.24) is 9.62 Å². The molecule has 29 heavy (non-hydrogen) atoms. The van der Waals surface area contributed by atoms with Gasteiger partial charge in [-0.25, -0.2) is 13.1 Å². The van der Waals surface area contributed by atoms with Gasteiger partial charge in [-0.3, -0.25) is 4.79 Å². The van der Waals surface area contributed by atoms with Gasteiger partial charge >= 0.3 is 0 Å². The molecule has 1 N–H and O–H groups in total. The largest absolute Gasteiger partial charge is 0.492 e. The number of amides is 1. The van der Waals surface area contributed by atoms with Crippen LogP contribution in [0.3, 0.4) is 0 Å². The number of sulfonamides is 1. The van der Waals surface area contributed by atoms with Crippen LogP contribution in [-0.4, -0.2) is 45.0 Å². The van der Waals surface area contributed by atoms with Crippen molar-refractivity contribution in [2.75, 3.05) is 19.7 Å². The molecule has 158 valence electrons. The average molecular weight is 477 g/mol. The fourth-order valence-electron chi connectivity index (χ4n) is 3.10. The van der Waals surface area contributed by atoms with Crippen molar-refractivity contribution < 1.29 is 17.9 Å². The molecule has 1 aliphatic heterocycles. The van der Waals surface area contributed by atoms with Crippen LogP contribution in [-0.2, 0) is 14.8 Å². The van der Waals surface area contributed by atoms with Gasteiger partial charge in [0.05, 0.1) is 11.6 Å². The summed E-state index contributed by atoms with van der Waals surface area (Å²) in [5, 5.41) is 2.72. The van der Waals surface area contributed by atoms with Gasteiger partial charge in [-0.2, -0.15) is 0 Å². The molecule has 3 rings (SSSR count). The van der Waals surface area contributed by atoms with E-state index in [-0.39, 0.29) is 11.9 Å². The van der Waals surface area contributed by atoms with Gasteiger partial charge in [0.2, 0.25) is 15.9 Å². The van der Waals surface area contributed by atoms with Crippen molar-refractivity contribution in [2.24, 2.45) is 0 Å². The van der Waals surface area contributed by atoms with Crippen LogP contribution in [0.25, 0.3) is 0 Å². The van der Waals surface area contributed by atoms with Gasteiger partial charge in [0.25, 0.3) is 0 Å². The molecule has 0 saturated carbocycles. The molecule has 0 radical (unpaired) electrons. The number of benzene rings is 1. The summed E-state index contributed by atoms with van der Waals surface area (Å²) in [6.07, 6.45) is 2.15. The smallest absolute Gasteiger partial charge is 0.250 e. The maximum Gasteiger partial charge on any atom is 0.250 e. The molecule has 1 aromatic heterocycles. The second-order valence-electron chi connectivity index (χ2n) is 6.74. The minimum Gasteiger partial charge on any atom is -0.492 e. The van der Waals surface area contributed by atoms with Crippen LogP contribution in [0, 0.1) is 0 Å². The maximum atomic E-state index is 12.4. The van der Waals surface area contributed by atoms with Crippen molar-refractivity contribution in [3.05, 3.63) is 45.8 Å². The first-order valence-electron chi connectivity index (χ1n) is 9.26. The lowest BCUT2D eigenvalue weighted by Crippen LogP contribution is -2.46. The molecule has 0 aliphatic carbocycles. The van der Waals surface area contributed by atoms with E-state index in [0.29, 0.717) is 65.4 Å². The third kappa shape index (κ3) is 6.33. The molecule has 0 bridgehead atoms. The van der Waals surface area contributed by atoms with Crippen molar-refractivity contribution in [3.63, 3.8) is 0 Å². The highest BCUT2D eigenvalue weighted by Crippen LogP contribution is 2.27. The summed E-state index contributed by atoms with van der Waals surface area (Å²) in [4.78, 5) is 14.2. The number of hydrogen-bond acceptors (Lipinski definition) is 5. The van der Waals surface area contributed by atoms with Crippen molar-refractivity contribution >= 4 is 50.5 Å². The van der Waals surface area contributed by atoms with E-state index in [9.17, 15) is 13.2 Å². The number of ether oxygens (including phenoxy) is 1. The molecule has 1 aliphatic rings. The Labute approximate surface area is 184 Å². The third-order valence-electron chi connectivity index (χ3n) is 4.62. The standard InChI is InChI=1S/C19H22Cl2N2O4S2/c20-14-5-6-17(16(21)13-14)27-11-1-3-18(24)23-9-7-15(8-10-23)22-29(25,26)19-4-2-12-28-19/h2,4-6,12-13,15,22H,1,3,7-11H2. The number of nitrogens with zero attached hydrogens (tertiary/aromatic N) is 1. The first-order chi connectivity index (χ1) is 13.8. The number of thiophene rings is 1. The highest BCUT2D eigenvalue weighted by molar-refractivity contribution is 7.91. The monoisotopic (exact) mass is 476 g/mol. The zero-order chi connectivity index (χ0) is 20.9. The molecule has 1 fully saturated rings. The average Bonchev–Trinajstić information content (AvgIpc) is 3.22. The van der Waals surface area contributed by atoms with Crippen LogP contribution in [0.2, 0.25) is 10.0 Å². The van der Waals surface area contributed by atoms with Gasteiger partial charge in [0, 0.05) is 30.6 Å². The molecule has 2 heterocycles. The van der Waals surface area contributed by atoms with Crippen LogP contribution in [0.4, 0.5) is 0 Å². The zero-order valence-corrected chi connectivity index (χ0v) is 18.8. The van der Waals surface area contributed by atoms with E-state index in [1.807, 2.05) is 0 Å². The van der Waals surface area contributed by atoms with E-state index in [1.165, 1.54) is 11.3 Å². The second kappa shape index (κ2) is 10.1. The van der Waals surface area contributed by atoms with Crippen molar-refractivity contribution in [3.8, 4) is 5.75 Å². The van der Waals surface area contributed by atoms with E-state index in [0.717, 1.165) is 0 Å². The predicted molar refractivity (Wildman–Crippen MR) is 115 cm³/mol. The summed E-state index contributed by atoms with van der Waals surface area (Å²) >= 11 is 13.1. The Morgan fingerprint density at radius 3 is 2.66 bits per heavy atom. The van der Waals surface area contributed by atoms with E-state index in [1.54, 1.807) is 40.6 Å². The number of hydrogen-bond donors (Lipinski definition) is 1. The number of halogens is 2. The molecular formula is C19H22Cl2N2O4S2. The van der Waals surface area contributed by atoms with E-state index >= 15 is 0 Å². The predicted octanol–water partition coefficient (Wildman–Crippen LogP) is 4.18. The number of carbonyl (C=O) groups excluding carboxylic acids is 1.